The molecule has 5 heteroatoms. The van der Waals surface area contributed by atoms with E-state index in [9.17, 15) is 4.79 Å². The van der Waals surface area contributed by atoms with Crippen molar-refractivity contribution in [2.45, 2.75) is 0 Å². The van der Waals surface area contributed by atoms with Gasteiger partial charge in [0.25, 0.3) is 0 Å². The molecule has 0 saturated carbocycles. The molecule has 1 atom stereocenters. The van der Waals surface area contributed by atoms with Gasteiger partial charge in [-0.05, 0) is 62.4 Å². The minimum absolute atomic E-state index is 0.0475. The molecule has 18 heavy (non-hydrogen) atoms. The van der Waals surface area contributed by atoms with Gasteiger partial charge < -0.3 is 0 Å². The zero-order valence-corrected chi connectivity index (χ0v) is 12.4. The number of rotatable bonds is 2. The topological polar surface area (TPSA) is 17.1 Å². The summed E-state index contributed by atoms with van der Waals surface area (Å²) >= 11 is 8.65. The minimum Gasteiger partial charge on any atom is -0.282 e. The Bertz CT molecular complexity index is 674. The Hall–Kier alpha value is -0.880. The molecular formula is C13H8OS4. The van der Waals surface area contributed by atoms with Crippen LogP contribution in [0.3, 0.4) is 0 Å². The second-order valence-electron chi connectivity index (χ2n) is 3.65. The number of hydrogen-bond acceptors (Lipinski definition) is 4. The Morgan fingerprint density at radius 3 is 2.72 bits per heavy atom. The summed E-state index contributed by atoms with van der Waals surface area (Å²) < 4.78 is 0. The standard InChI is InChI=1S/C13H8OS4/c14-13-6-4-10(18(13)15)8-9-3-5-12(17-9)11-2-1-7-16-11/h1-8H. The van der Waals surface area contributed by atoms with Gasteiger partial charge in [-0.15, -0.1) is 22.7 Å². The first-order chi connectivity index (χ1) is 8.74. The van der Waals surface area contributed by atoms with Crippen LogP contribution in [0.4, 0.5) is 0 Å². The first-order valence-electron chi connectivity index (χ1n) is 5.23. The Balaban J connectivity index is 1.91. The summed E-state index contributed by atoms with van der Waals surface area (Å²) in [5.74, 6) is 0. The Morgan fingerprint density at radius 1 is 1.17 bits per heavy atom. The summed E-state index contributed by atoms with van der Waals surface area (Å²) in [6.07, 6.45) is 5.44. The molecular weight excluding hydrogens is 300 g/mol. The molecule has 1 unspecified atom stereocenters. The van der Waals surface area contributed by atoms with Crippen LogP contribution in [0.1, 0.15) is 4.88 Å². The fourth-order valence-corrected chi connectivity index (χ4v) is 4.81. The molecule has 1 aliphatic rings. The van der Waals surface area contributed by atoms with E-state index >= 15 is 0 Å². The van der Waals surface area contributed by atoms with Gasteiger partial charge in [-0.2, -0.15) is 0 Å². The third-order valence-corrected chi connectivity index (χ3v) is 6.81. The smallest absolute Gasteiger partial charge is 0.220 e. The van der Waals surface area contributed by atoms with Gasteiger partial charge in [0.1, 0.15) is 0 Å². The maximum atomic E-state index is 11.4. The largest absolute Gasteiger partial charge is 0.282 e. The summed E-state index contributed by atoms with van der Waals surface area (Å²) in [4.78, 5) is 16.0. The Morgan fingerprint density at radius 2 is 2.06 bits per heavy atom. The van der Waals surface area contributed by atoms with E-state index in [-0.39, 0.29) is 5.12 Å². The number of hydrogen-bond donors (Lipinski definition) is 0. The summed E-state index contributed by atoms with van der Waals surface area (Å²) in [5, 5.41) is 2.12. The molecule has 0 spiro atoms. The molecule has 3 heterocycles. The molecule has 0 aromatic carbocycles. The lowest BCUT2D eigenvalue weighted by molar-refractivity contribution is -0.107. The molecule has 0 radical (unpaired) electrons. The van der Waals surface area contributed by atoms with Gasteiger partial charge in [-0.1, -0.05) is 6.07 Å². The van der Waals surface area contributed by atoms with Crippen molar-refractivity contribution in [3.63, 3.8) is 0 Å². The maximum Gasteiger partial charge on any atom is 0.220 e. The number of carbonyl (C=O) groups is 1. The monoisotopic (exact) mass is 308 g/mol. The summed E-state index contributed by atoms with van der Waals surface area (Å²) in [6, 6.07) is 8.36. The van der Waals surface area contributed by atoms with Crippen LogP contribution in [0.15, 0.2) is 46.7 Å². The quantitative estimate of drug-likeness (QED) is 0.834. The highest BCUT2D eigenvalue weighted by molar-refractivity contribution is 8.40. The van der Waals surface area contributed by atoms with E-state index in [4.69, 9.17) is 11.2 Å². The van der Waals surface area contributed by atoms with E-state index < -0.39 is 9.45 Å². The van der Waals surface area contributed by atoms with Crippen molar-refractivity contribution in [1.29, 1.82) is 0 Å². The number of allylic oxidation sites excluding steroid dienone is 1. The van der Waals surface area contributed by atoms with Gasteiger partial charge in [0.2, 0.25) is 5.12 Å². The molecule has 0 saturated heterocycles. The molecule has 2 aromatic rings. The lowest BCUT2D eigenvalue weighted by Gasteiger charge is -1.94. The molecule has 0 N–H and O–H groups in total. The van der Waals surface area contributed by atoms with Crippen molar-refractivity contribution in [3.05, 3.63) is 51.6 Å². The van der Waals surface area contributed by atoms with Crippen LogP contribution in [0.25, 0.3) is 15.8 Å². The summed E-state index contributed by atoms with van der Waals surface area (Å²) in [5.41, 5.74) is 0. The predicted molar refractivity (Wildman–Crippen MR) is 84.5 cm³/mol. The number of thiophene rings is 2. The van der Waals surface area contributed by atoms with Gasteiger partial charge in [-0.25, -0.2) is 0 Å². The van der Waals surface area contributed by atoms with Crippen molar-refractivity contribution in [2.24, 2.45) is 0 Å². The van der Waals surface area contributed by atoms with Crippen molar-refractivity contribution >= 4 is 54.5 Å². The molecule has 0 amide bonds. The van der Waals surface area contributed by atoms with E-state index in [0.717, 1.165) is 9.78 Å². The fraction of sp³-hybridized carbons (Fsp3) is 0. The Kier molecular flexibility index (Phi) is 3.39. The van der Waals surface area contributed by atoms with Gasteiger partial charge in [-0.3, -0.25) is 4.79 Å². The Labute approximate surface area is 120 Å². The normalized spacial score (nSPS) is 21.0. The summed E-state index contributed by atoms with van der Waals surface area (Å²) in [7, 11) is -0.680. The third-order valence-electron chi connectivity index (χ3n) is 2.46. The molecule has 0 aliphatic carbocycles. The average molecular weight is 308 g/mol. The van der Waals surface area contributed by atoms with Crippen LogP contribution in [0, 0.1) is 0 Å². The molecule has 0 fully saturated rings. The van der Waals surface area contributed by atoms with Crippen molar-refractivity contribution in [2.75, 3.05) is 0 Å². The van der Waals surface area contributed by atoms with E-state index in [2.05, 4.69) is 29.6 Å². The highest BCUT2D eigenvalue weighted by Crippen LogP contribution is 2.33. The van der Waals surface area contributed by atoms with E-state index in [1.165, 1.54) is 9.75 Å². The second kappa shape index (κ2) is 5.01. The first kappa shape index (κ1) is 12.2. The van der Waals surface area contributed by atoms with Crippen LogP contribution in [-0.4, -0.2) is 5.12 Å². The van der Waals surface area contributed by atoms with Crippen LogP contribution in [0.5, 0.6) is 0 Å². The van der Waals surface area contributed by atoms with Gasteiger partial charge in [0.15, 0.2) is 0 Å². The highest BCUT2D eigenvalue weighted by Gasteiger charge is 2.15. The van der Waals surface area contributed by atoms with Gasteiger partial charge in [0.05, 0.1) is 0 Å². The van der Waals surface area contributed by atoms with Crippen molar-refractivity contribution in [1.82, 2.24) is 0 Å². The molecule has 2 aromatic heterocycles. The van der Waals surface area contributed by atoms with Crippen LogP contribution in [-0.2, 0) is 25.4 Å². The van der Waals surface area contributed by atoms with Gasteiger partial charge >= 0.3 is 0 Å². The fourth-order valence-electron chi connectivity index (χ4n) is 1.61. The molecule has 1 aliphatic heterocycles. The zero-order chi connectivity index (χ0) is 12.5. The molecule has 1 nitrogen and oxygen atoms in total. The van der Waals surface area contributed by atoms with E-state index in [0.29, 0.717) is 0 Å². The first-order valence-corrected chi connectivity index (χ1v) is 9.08. The molecule has 90 valence electrons. The predicted octanol–water partition coefficient (Wildman–Crippen LogP) is 3.99. The lowest BCUT2D eigenvalue weighted by Crippen LogP contribution is -1.95. The van der Waals surface area contributed by atoms with E-state index in [1.807, 2.05) is 12.2 Å². The minimum atomic E-state index is -0.680. The van der Waals surface area contributed by atoms with Crippen LogP contribution < -0.4 is 0 Å². The highest BCUT2D eigenvalue weighted by atomic mass is 32.8. The van der Waals surface area contributed by atoms with Crippen LogP contribution in [0.2, 0.25) is 0 Å². The van der Waals surface area contributed by atoms with Crippen molar-refractivity contribution in [3.8, 4) is 9.75 Å². The van der Waals surface area contributed by atoms with E-state index in [1.54, 1.807) is 28.7 Å². The molecule has 3 rings (SSSR count). The molecule has 0 bridgehead atoms. The summed E-state index contributed by atoms with van der Waals surface area (Å²) in [6.45, 7) is 0. The zero-order valence-electron chi connectivity index (χ0n) is 9.16. The average Bonchev–Trinajstić information content (AvgIpc) is 3.06. The number of carbonyl (C=O) groups excluding carboxylic acids is 1. The second-order valence-corrected chi connectivity index (χ2v) is 8.12. The lowest BCUT2D eigenvalue weighted by atomic mass is 10.3. The van der Waals surface area contributed by atoms with Gasteiger partial charge in [0, 0.05) is 19.5 Å². The third kappa shape index (κ3) is 2.31. The maximum absolute atomic E-state index is 11.4. The van der Waals surface area contributed by atoms with Crippen LogP contribution >= 0.6 is 22.7 Å². The van der Waals surface area contributed by atoms with Crippen molar-refractivity contribution < 1.29 is 4.79 Å². The SMILES string of the molecule is O=C1C=CC(=Cc2ccc(-c3cccs3)s2)S1=S.